The number of halogens is 6. The number of hydrogen-bond donors (Lipinski definition) is 0. The van der Waals surface area contributed by atoms with Gasteiger partial charge < -0.3 is 18.3 Å². The van der Waals surface area contributed by atoms with Gasteiger partial charge in [0.15, 0.2) is 0 Å². The van der Waals surface area contributed by atoms with Gasteiger partial charge in [0.05, 0.1) is 78.3 Å². The van der Waals surface area contributed by atoms with Crippen molar-refractivity contribution < 1.29 is 26.3 Å². The van der Waals surface area contributed by atoms with Gasteiger partial charge in [-0.05, 0) is 114 Å². The maximum atomic E-state index is 14.7. The predicted molar refractivity (Wildman–Crippen MR) is 309 cm³/mol. The highest BCUT2D eigenvalue weighted by molar-refractivity contribution is 6.28. The first-order valence-electron chi connectivity index (χ1n) is 26.0. The van der Waals surface area contributed by atoms with Gasteiger partial charge in [-0.1, -0.05) is 133 Å². The lowest BCUT2D eigenvalue weighted by Gasteiger charge is -2.21. The van der Waals surface area contributed by atoms with Gasteiger partial charge in [-0.2, -0.15) is 31.6 Å². The van der Waals surface area contributed by atoms with E-state index in [4.69, 9.17) is 0 Å². The minimum absolute atomic E-state index is 0.122. The van der Waals surface area contributed by atoms with E-state index in [-0.39, 0.29) is 17.2 Å². The molecule has 0 aliphatic carbocycles. The molecule has 0 fully saturated rings. The lowest BCUT2D eigenvalue weighted by atomic mass is 9.93. The SMILES string of the molecule is N#Cc1ccc(-n2c3ccccc3c3c2ccc2c4ccccc4n(-c4ccccc4)c23)c(-c2ccc(-c3cc(C(F)(F)F)cc(C(F)(F)F)c3)cc2-n2c3ccccc3c3c2ccc2c4ccccc4n(-c4ccccc4)c23)c1. The zero-order valence-electron chi connectivity index (χ0n) is 42.0. The smallest absolute Gasteiger partial charge is 0.309 e. The Bertz CT molecular complexity index is 5070. The predicted octanol–water partition coefficient (Wildman–Crippen LogP) is 19.3. The van der Waals surface area contributed by atoms with Crippen LogP contribution in [-0.4, -0.2) is 18.3 Å². The van der Waals surface area contributed by atoms with E-state index in [1.165, 1.54) is 0 Å². The van der Waals surface area contributed by atoms with Crippen LogP contribution in [-0.2, 0) is 12.4 Å². The molecule has 0 saturated carbocycles. The van der Waals surface area contributed by atoms with Crippen LogP contribution in [0, 0.1) is 11.3 Å². The van der Waals surface area contributed by atoms with Crippen LogP contribution in [0.25, 0.3) is 132 Å². The number of hydrogen-bond acceptors (Lipinski definition) is 1. The van der Waals surface area contributed by atoms with E-state index in [1.54, 1.807) is 24.3 Å². The Morgan fingerprint density at radius 1 is 0.312 bits per heavy atom. The Balaban J connectivity index is 1.08. The molecule has 0 saturated heterocycles. The summed E-state index contributed by atoms with van der Waals surface area (Å²) in [6.07, 6.45) is -10.2. The monoisotopic (exact) mass is 1050 g/mol. The van der Waals surface area contributed by atoms with E-state index in [2.05, 4.69) is 103 Å². The molecule has 15 rings (SSSR count). The van der Waals surface area contributed by atoms with Gasteiger partial charge in [-0.25, -0.2) is 0 Å². The second-order valence-electron chi connectivity index (χ2n) is 20.2. The summed E-state index contributed by atoms with van der Waals surface area (Å²) in [5, 5.41) is 18.6. The number of nitrogens with zero attached hydrogens (tertiary/aromatic N) is 5. The Morgan fingerprint density at radius 2 is 0.750 bits per heavy atom. The number of nitriles is 1. The molecule has 0 bridgehead atoms. The van der Waals surface area contributed by atoms with E-state index in [0.717, 1.165) is 111 Å². The number of rotatable bonds is 6. The maximum absolute atomic E-state index is 14.7. The van der Waals surface area contributed by atoms with Crippen molar-refractivity contribution in [3.63, 3.8) is 0 Å². The van der Waals surface area contributed by atoms with Crippen molar-refractivity contribution in [2.24, 2.45) is 0 Å². The standard InChI is InChI=1S/C69H39F6N5/c70-68(71,72)44-36-43(37-45(39-44)69(73,74)75)42-28-29-50(63(38-42)80-59-26-14-10-22-54(59)65-62(80)34-31-52-49-20-8-12-24-57(49)78(67(52)65)47-17-5-2-6-18-47)55-35-41(40-76)27-32-60(55)79-58-25-13-9-21-53(58)64-61(79)33-30-51-48-19-7-11-23-56(48)77(66(51)64)46-15-3-1-4-16-46/h1-39H. The van der Waals surface area contributed by atoms with Crippen molar-refractivity contribution in [3.8, 4) is 51.1 Å². The fourth-order valence-corrected chi connectivity index (χ4v) is 12.5. The molecule has 382 valence electrons. The van der Waals surface area contributed by atoms with Crippen LogP contribution < -0.4 is 0 Å². The van der Waals surface area contributed by atoms with Crippen LogP contribution in [0.4, 0.5) is 26.3 Å². The third-order valence-corrected chi connectivity index (χ3v) is 15.8. The molecule has 0 aliphatic heterocycles. The topological polar surface area (TPSA) is 43.5 Å². The molecule has 11 aromatic carbocycles. The highest BCUT2D eigenvalue weighted by atomic mass is 19.4. The molecule has 0 unspecified atom stereocenters. The van der Waals surface area contributed by atoms with Crippen LogP contribution in [0.15, 0.2) is 237 Å². The summed E-state index contributed by atoms with van der Waals surface area (Å²) in [6, 6.07) is 75.9. The van der Waals surface area contributed by atoms with Crippen molar-refractivity contribution in [1.82, 2.24) is 18.3 Å². The third-order valence-electron chi connectivity index (χ3n) is 15.8. The quantitative estimate of drug-likeness (QED) is 0.153. The highest BCUT2D eigenvalue weighted by Gasteiger charge is 2.37. The molecule has 0 N–H and O–H groups in total. The number of fused-ring (bicyclic) bond motifs is 14. The maximum Gasteiger partial charge on any atom is 0.416 e. The Morgan fingerprint density at radius 3 is 1.23 bits per heavy atom. The van der Waals surface area contributed by atoms with E-state index >= 15 is 0 Å². The molecular weight excluding hydrogens is 1010 g/mol. The molecule has 0 aliphatic rings. The van der Waals surface area contributed by atoms with Crippen molar-refractivity contribution in [1.29, 1.82) is 5.26 Å². The first kappa shape index (κ1) is 46.9. The number of aromatic nitrogens is 4. The summed E-state index contributed by atoms with van der Waals surface area (Å²) in [5.74, 6) is 0. The van der Waals surface area contributed by atoms with E-state index < -0.39 is 23.5 Å². The van der Waals surface area contributed by atoms with Gasteiger partial charge in [-0.3, -0.25) is 0 Å². The molecule has 80 heavy (non-hydrogen) atoms. The fraction of sp³-hybridized carbons (Fsp3) is 0.0290. The zero-order valence-corrected chi connectivity index (χ0v) is 42.0. The number of para-hydroxylation sites is 6. The molecular formula is C69H39F6N5. The van der Waals surface area contributed by atoms with Crippen LogP contribution >= 0.6 is 0 Å². The number of benzene rings is 11. The van der Waals surface area contributed by atoms with Gasteiger partial charge in [0.2, 0.25) is 0 Å². The summed E-state index contributed by atoms with van der Waals surface area (Å²) < 4.78 is 96.8. The lowest BCUT2D eigenvalue weighted by Crippen LogP contribution is -2.11. The largest absolute Gasteiger partial charge is 0.416 e. The Kier molecular flexibility index (Phi) is 10.2. The van der Waals surface area contributed by atoms with Crippen LogP contribution in [0.5, 0.6) is 0 Å². The van der Waals surface area contributed by atoms with E-state index in [1.807, 2.05) is 115 Å². The molecule has 0 amide bonds. The average molecular weight is 1050 g/mol. The molecule has 0 atom stereocenters. The molecule has 4 heterocycles. The average Bonchev–Trinajstić information content (AvgIpc) is 4.41. The molecule has 0 spiro atoms. The van der Waals surface area contributed by atoms with Crippen molar-refractivity contribution in [2.45, 2.75) is 12.4 Å². The molecule has 5 nitrogen and oxygen atoms in total. The normalized spacial score (nSPS) is 12.4. The summed E-state index contributed by atoms with van der Waals surface area (Å²) >= 11 is 0. The first-order valence-corrected chi connectivity index (χ1v) is 26.0. The molecule has 11 heteroatoms. The van der Waals surface area contributed by atoms with Gasteiger partial charge in [0.1, 0.15) is 0 Å². The Hall–Kier alpha value is -10.3. The van der Waals surface area contributed by atoms with Gasteiger partial charge in [0, 0.05) is 65.6 Å². The molecule has 15 aromatic rings. The van der Waals surface area contributed by atoms with Crippen molar-refractivity contribution in [2.75, 3.05) is 0 Å². The summed E-state index contributed by atoms with van der Waals surface area (Å²) in [4.78, 5) is 0. The second-order valence-corrected chi connectivity index (χ2v) is 20.2. The molecule has 4 aromatic heterocycles. The minimum Gasteiger partial charge on any atom is -0.309 e. The van der Waals surface area contributed by atoms with Gasteiger partial charge in [-0.15, -0.1) is 0 Å². The Labute approximate surface area is 451 Å². The second kappa shape index (κ2) is 17.3. The lowest BCUT2D eigenvalue weighted by molar-refractivity contribution is -0.143. The minimum atomic E-state index is -5.08. The van der Waals surface area contributed by atoms with Crippen LogP contribution in [0.2, 0.25) is 0 Å². The summed E-state index contributed by atoms with van der Waals surface area (Å²) in [5.41, 5.74) is 8.79. The number of alkyl halides is 6. The van der Waals surface area contributed by atoms with Gasteiger partial charge >= 0.3 is 12.4 Å². The van der Waals surface area contributed by atoms with E-state index in [9.17, 15) is 31.6 Å². The third kappa shape index (κ3) is 6.98. The van der Waals surface area contributed by atoms with Crippen molar-refractivity contribution >= 4 is 87.2 Å². The zero-order chi connectivity index (χ0) is 54.2. The summed E-state index contributed by atoms with van der Waals surface area (Å²) in [7, 11) is 0. The van der Waals surface area contributed by atoms with E-state index in [0.29, 0.717) is 28.1 Å². The van der Waals surface area contributed by atoms with Gasteiger partial charge in [0.25, 0.3) is 0 Å². The van der Waals surface area contributed by atoms with Crippen molar-refractivity contribution in [3.05, 3.63) is 253 Å². The highest BCUT2D eigenvalue weighted by Crippen LogP contribution is 2.48. The first-order chi connectivity index (χ1) is 38.9. The van der Waals surface area contributed by atoms with Crippen LogP contribution in [0.1, 0.15) is 16.7 Å². The molecule has 0 radical (unpaired) electrons. The fourth-order valence-electron chi connectivity index (χ4n) is 12.5. The summed E-state index contributed by atoms with van der Waals surface area (Å²) in [6.45, 7) is 0. The van der Waals surface area contributed by atoms with Crippen LogP contribution in [0.3, 0.4) is 0 Å².